The molecule has 0 radical (unpaired) electrons. The molecule has 0 heterocycles. The van der Waals surface area contributed by atoms with Gasteiger partial charge in [-0.3, -0.25) is 9.71 Å². The van der Waals surface area contributed by atoms with Crippen LogP contribution < -0.4 is 10.0 Å². The van der Waals surface area contributed by atoms with Crippen molar-refractivity contribution < 1.29 is 0 Å². The monoisotopic (exact) mass is 145 g/mol. The van der Waals surface area contributed by atoms with Crippen molar-refractivity contribution in [2.24, 2.45) is 4.99 Å². The summed E-state index contributed by atoms with van der Waals surface area (Å²) in [6.07, 6.45) is 3.16. The molecular weight excluding hydrogens is 134 g/mol. The Morgan fingerprint density at radius 3 is 3.00 bits per heavy atom. The molecule has 0 bridgehead atoms. The molecule has 0 atom stereocenters. The number of aliphatic imine (C=N–C) groups is 1. The van der Waals surface area contributed by atoms with Crippen LogP contribution in [0.4, 0.5) is 0 Å². The summed E-state index contributed by atoms with van der Waals surface area (Å²) >= 11 is 3.78. The summed E-state index contributed by atoms with van der Waals surface area (Å²) in [7, 11) is 0. The Morgan fingerprint density at radius 1 is 1.67 bits per heavy atom. The van der Waals surface area contributed by atoms with E-state index in [0.29, 0.717) is 0 Å². The Bertz CT molecular complexity index is 92.2. The molecule has 0 unspecified atom stereocenters. The van der Waals surface area contributed by atoms with Gasteiger partial charge in [0.25, 0.3) is 0 Å². The van der Waals surface area contributed by atoms with Crippen LogP contribution in [0.2, 0.25) is 0 Å². The Hall–Kier alpha value is -0.480. The lowest BCUT2D eigenvalue weighted by atomic mass is 10.7. The topological polar surface area (TPSA) is 36.4 Å². The standard InChI is InChI=1S/C5H11N3S/c1-2-6-5-7-3-4-8-9/h2,5,8-9H,1,3-4H2,(H,6,7). The predicted molar refractivity (Wildman–Crippen MR) is 43.7 cm³/mol. The summed E-state index contributed by atoms with van der Waals surface area (Å²) in [6, 6.07) is 0. The van der Waals surface area contributed by atoms with Crippen LogP contribution in [-0.4, -0.2) is 19.4 Å². The van der Waals surface area contributed by atoms with Crippen molar-refractivity contribution in [1.82, 2.24) is 10.0 Å². The van der Waals surface area contributed by atoms with Gasteiger partial charge in [0.1, 0.15) is 0 Å². The molecule has 0 aliphatic rings. The summed E-state index contributed by atoms with van der Waals surface area (Å²) in [5, 5.41) is 2.73. The first kappa shape index (κ1) is 8.52. The summed E-state index contributed by atoms with van der Waals surface area (Å²) in [4.78, 5) is 3.93. The molecule has 0 fully saturated rings. The van der Waals surface area contributed by atoms with E-state index in [1.807, 2.05) is 0 Å². The molecule has 9 heavy (non-hydrogen) atoms. The number of thiol groups is 1. The third kappa shape index (κ3) is 7.52. The lowest BCUT2D eigenvalue weighted by Gasteiger charge is -1.89. The van der Waals surface area contributed by atoms with E-state index in [1.165, 1.54) is 0 Å². The van der Waals surface area contributed by atoms with E-state index in [0.717, 1.165) is 13.1 Å². The number of rotatable bonds is 5. The van der Waals surface area contributed by atoms with Gasteiger partial charge >= 0.3 is 0 Å². The third-order valence-electron chi connectivity index (χ3n) is 0.636. The molecule has 52 valence electrons. The maximum absolute atomic E-state index is 3.93. The van der Waals surface area contributed by atoms with E-state index in [-0.39, 0.29) is 0 Å². The first-order valence-electron chi connectivity index (χ1n) is 2.64. The number of nitrogens with zero attached hydrogens (tertiary/aromatic N) is 1. The molecule has 0 amide bonds. The number of nitrogens with one attached hydrogen (secondary N) is 2. The van der Waals surface area contributed by atoms with Gasteiger partial charge in [-0.15, -0.1) is 0 Å². The van der Waals surface area contributed by atoms with Crippen LogP contribution in [0.25, 0.3) is 0 Å². The smallest absolute Gasteiger partial charge is 0.0863 e. The summed E-state index contributed by atoms with van der Waals surface area (Å²) < 4.78 is 2.67. The van der Waals surface area contributed by atoms with Crippen molar-refractivity contribution in [1.29, 1.82) is 0 Å². The van der Waals surface area contributed by atoms with Crippen molar-refractivity contribution in [2.45, 2.75) is 0 Å². The van der Waals surface area contributed by atoms with Crippen LogP contribution in [0.15, 0.2) is 17.8 Å². The van der Waals surface area contributed by atoms with Gasteiger partial charge in [0, 0.05) is 6.54 Å². The maximum atomic E-state index is 3.93. The summed E-state index contributed by atoms with van der Waals surface area (Å²) in [5.41, 5.74) is 0. The molecule has 0 rings (SSSR count). The normalized spacial score (nSPS) is 9.89. The largest absolute Gasteiger partial charge is 0.354 e. The molecule has 3 nitrogen and oxygen atoms in total. The molecule has 0 aliphatic carbocycles. The lowest BCUT2D eigenvalue weighted by Crippen LogP contribution is -2.07. The highest BCUT2D eigenvalue weighted by atomic mass is 32.1. The highest BCUT2D eigenvalue weighted by Crippen LogP contribution is 1.65. The SMILES string of the molecule is C=CNC=NCCNS. The highest BCUT2D eigenvalue weighted by molar-refractivity contribution is 7.78. The third-order valence-corrected chi connectivity index (χ3v) is 0.860. The zero-order valence-electron chi connectivity index (χ0n) is 5.17. The summed E-state index contributed by atoms with van der Waals surface area (Å²) in [6.45, 7) is 4.95. The van der Waals surface area contributed by atoms with Gasteiger partial charge in [0.15, 0.2) is 0 Å². The van der Waals surface area contributed by atoms with E-state index in [1.54, 1.807) is 12.5 Å². The van der Waals surface area contributed by atoms with Crippen LogP contribution in [-0.2, 0) is 0 Å². The van der Waals surface area contributed by atoms with Crippen molar-refractivity contribution in [3.05, 3.63) is 12.8 Å². The van der Waals surface area contributed by atoms with Crippen LogP contribution >= 0.6 is 12.8 Å². The molecular formula is C5H11N3S. The van der Waals surface area contributed by atoms with Gasteiger partial charge in [-0.1, -0.05) is 19.4 Å². The van der Waals surface area contributed by atoms with E-state index in [2.05, 4.69) is 34.4 Å². The molecule has 0 aromatic heterocycles. The minimum Gasteiger partial charge on any atom is -0.354 e. The van der Waals surface area contributed by atoms with E-state index >= 15 is 0 Å². The van der Waals surface area contributed by atoms with Crippen molar-refractivity contribution in [3.63, 3.8) is 0 Å². The second kappa shape index (κ2) is 7.52. The average molecular weight is 145 g/mol. The molecule has 0 saturated heterocycles. The van der Waals surface area contributed by atoms with Crippen molar-refractivity contribution in [2.75, 3.05) is 13.1 Å². The maximum Gasteiger partial charge on any atom is 0.0863 e. The molecule has 0 spiro atoms. The van der Waals surface area contributed by atoms with E-state index in [9.17, 15) is 0 Å². The van der Waals surface area contributed by atoms with Gasteiger partial charge in [0.2, 0.25) is 0 Å². The van der Waals surface area contributed by atoms with Gasteiger partial charge in [-0.25, -0.2) is 0 Å². The number of hydrogen-bond acceptors (Lipinski definition) is 3. The lowest BCUT2D eigenvalue weighted by molar-refractivity contribution is 0.922. The van der Waals surface area contributed by atoms with Gasteiger partial charge in [-0.05, 0) is 6.20 Å². The Morgan fingerprint density at radius 2 is 2.44 bits per heavy atom. The zero-order valence-corrected chi connectivity index (χ0v) is 6.06. The Balaban J connectivity index is 2.94. The fraction of sp³-hybridized carbons (Fsp3) is 0.400. The first-order valence-corrected chi connectivity index (χ1v) is 3.08. The fourth-order valence-electron chi connectivity index (χ4n) is 0.285. The van der Waals surface area contributed by atoms with Crippen LogP contribution in [0.3, 0.4) is 0 Å². The van der Waals surface area contributed by atoms with E-state index < -0.39 is 0 Å². The van der Waals surface area contributed by atoms with Crippen LogP contribution in [0, 0.1) is 0 Å². The van der Waals surface area contributed by atoms with Crippen molar-refractivity contribution in [3.8, 4) is 0 Å². The van der Waals surface area contributed by atoms with Gasteiger partial charge in [-0.2, -0.15) is 0 Å². The molecule has 4 heteroatoms. The summed E-state index contributed by atoms with van der Waals surface area (Å²) in [5.74, 6) is 0. The predicted octanol–water partition coefficient (Wildman–Crippen LogP) is 0.182. The quantitative estimate of drug-likeness (QED) is 0.223. The average Bonchev–Trinajstić information content (AvgIpc) is 1.89. The van der Waals surface area contributed by atoms with Crippen LogP contribution in [0.1, 0.15) is 0 Å². The second-order valence-electron chi connectivity index (χ2n) is 1.31. The molecule has 0 aromatic carbocycles. The van der Waals surface area contributed by atoms with Crippen molar-refractivity contribution >= 4 is 19.2 Å². The second-order valence-corrected chi connectivity index (χ2v) is 1.63. The molecule has 2 N–H and O–H groups in total. The van der Waals surface area contributed by atoms with E-state index in [4.69, 9.17) is 0 Å². The van der Waals surface area contributed by atoms with Gasteiger partial charge < -0.3 is 5.32 Å². The Kier molecular flexibility index (Phi) is 7.12. The highest BCUT2D eigenvalue weighted by Gasteiger charge is 1.73. The number of hydrogen-bond donors (Lipinski definition) is 3. The molecule has 0 aliphatic heterocycles. The molecule has 0 saturated carbocycles. The van der Waals surface area contributed by atoms with Crippen LogP contribution in [0.5, 0.6) is 0 Å². The first-order chi connectivity index (χ1) is 4.41. The zero-order chi connectivity index (χ0) is 6.95. The minimum absolute atomic E-state index is 0.727. The van der Waals surface area contributed by atoms with Gasteiger partial charge in [0.05, 0.1) is 12.9 Å². The minimum atomic E-state index is 0.727. The molecule has 0 aromatic rings. The Labute approximate surface area is 60.8 Å². The fourth-order valence-corrected chi connectivity index (χ4v) is 0.385.